The van der Waals surface area contributed by atoms with E-state index in [4.69, 9.17) is 11.6 Å². The van der Waals surface area contributed by atoms with E-state index in [0.29, 0.717) is 16.7 Å². The Labute approximate surface area is 173 Å². The number of nitrogens with one attached hydrogen (secondary N) is 1. The van der Waals surface area contributed by atoms with E-state index in [2.05, 4.69) is 21.6 Å². The standard InChI is InChI=1S/C20H22ClN5OS/c1-25(2)17-6-4-5-15(11-17)19-23-24-20(26(19)3)28-13-18(27)22-12-14-7-9-16(21)10-8-14/h4-11H,12-13H2,1-3H3,(H,22,27). The van der Waals surface area contributed by atoms with E-state index in [9.17, 15) is 4.79 Å². The Morgan fingerprint density at radius 3 is 2.64 bits per heavy atom. The van der Waals surface area contributed by atoms with Gasteiger partial charge in [0.15, 0.2) is 11.0 Å². The van der Waals surface area contributed by atoms with Gasteiger partial charge in [-0.1, -0.05) is 47.6 Å². The number of thioether (sulfide) groups is 1. The summed E-state index contributed by atoms with van der Waals surface area (Å²) in [5.74, 6) is 0.990. The number of carbonyl (C=O) groups excluding carboxylic acids is 1. The number of amides is 1. The molecule has 0 aliphatic heterocycles. The molecule has 2 aromatic carbocycles. The SMILES string of the molecule is CN(C)c1cccc(-c2nnc(SCC(=O)NCc3ccc(Cl)cc3)n2C)c1. The first-order valence-electron chi connectivity index (χ1n) is 8.75. The Balaban J connectivity index is 1.59. The summed E-state index contributed by atoms with van der Waals surface area (Å²) in [4.78, 5) is 14.2. The molecule has 3 rings (SSSR count). The molecule has 0 atom stereocenters. The molecule has 0 saturated heterocycles. The lowest BCUT2D eigenvalue weighted by Gasteiger charge is -2.13. The van der Waals surface area contributed by atoms with Crippen molar-refractivity contribution < 1.29 is 4.79 Å². The van der Waals surface area contributed by atoms with Gasteiger partial charge in [0.05, 0.1) is 5.75 Å². The summed E-state index contributed by atoms with van der Waals surface area (Å²) in [5.41, 5.74) is 3.08. The van der Waals surface area contributed by atoms with Crippen molar-refractivity contribution >= 4 is 35.0 Å². The molecular formula is C20H22ClN5OS. The summed E-state index contributed by atoms with van der Waals surface area (Å²) in [6.45, 7) is 0.470. The Hall–Kier alpha value is -2.51. The van der Waals surface area contributed by atoms with Gasteiger partial charge in [-0.3, -0.25) is 4.79 Å². The van der Waals surface area contributed by atoms with Gasteiger partial charge in [0.25, 0.3) is 0 Å². The van der Waals surface area contributed by atoms with Gasteiger partial charge in [0.1, 0.15) is 0 Å². The van der Waals surface area contributed by atoms with Crippen LogP contribution in [0.5, 0.6) is 0 Å². The van der Waals surface area contributed by atoms with Gasteiger partial charge in [-0.25, -0.2) is 0 Å². The van der Waals surface area contributed by atoms with Crippen LogP contribution >= 0.6 is 23.4 Å². The molecule has 6 nitrogen and oxygen atoms in total. The molecule has 0 aliphatic carbocycles. The van der Waals surface area contributed by atoms with Crippen molar-refractivity contribution in [2.75, 3.05) is 24.7 Å². The molecule has 0 fully saturated rings. The molecule has 0 aliphatic rings. The number of hydrogen-bond acceptors (Lipinski definition) is 5. The number of rotatable bonds is 7. The van der Waals surface area contributed by atoms with Crippen LogP contribution in [0.3, 0.4) is 0 Å². The van der Waals surface area contributed by atoms with E-state index in [1.54, 1.807) is 0 Å². The molecule has 0 spiro atoms. The number of carbonyl (C=O) groups is 1. The van der Waals surface area contributed by atoms with Crippen LogP contribution < -0.4 is 10.2 Å². The smallest absolute Gasteiger partial charge is 0.230 e. The third kappa shape index (κ3) is 5.05. The van der Waals surface area contributed by atoms with Crippen molar-refractivity contribution in [3.8, 4) is 11.4 Å². The third-order valence-electron chi connectivity index (χ3n) is 4.19. The molecule has 1 heterocycles. The normalized spacial score (nSPS) is 10.7. The highest BCUT2D eigenvalue weighted by atomic mass is 35.5. The largest absolute Gasteiger partial charge is 0.378 e. The highest BCUT2D eigenvalue weighted by Gasteiger charge is 2.13. The van der Waals surface area contributed by atoms with E-state index >= 15 is 0 Å². The summed E-state index contributed by atoms with van der Waals surface area (Å²) in [5, 5.41) is 12.8. The second kappa shape index (κ2) is 9.12. The van der Waals surface area contributed by atoms with Gasteiger partial charge < -0.3 is 14.8 Å². The van der Waals surface area contributed by atoms with E-state index in [1.165, 1.54) is 11.8 Å². The first-order valence-corrected chi connectivity index (χ1v) is 10.1. The fourth-order valence-electron chi connectivity index (χ4n) is 2.60. The van der Waals surface area contributed by atoms with Crippen LogP contribution in [0.2, 0.25) is 5.02 Å². The topological polar surface area (TPSA) is 63.1 Å². The summed E-state index contributed by atoms with van der Waals surface area (Å²) in [6, 6.07) is 15.5. The predicted octanol–water partition coefficient (Wildman–Crippen LogP) is 3.61. The van der Waals surface area contributed by atoms with Crippen molar-refractivity contribution in [2.45, 2.75) is 11.7 Å². The monoisotopic (exact) mass is 415 g/mol. The Bertz CT molecular complexity index is 955. The average molecular weight is 416 g/mol. The molecule has 0 unspecified atom stereocenters. The molecular weight excluding hydrogens is 394 g/mol. The maximum absolute atomic E-state index is 12.1. The Morgan fingerprint density at radius 2 is 1.93 bits per heavy atom. The molecule has 0 radical (unpaired) electrons. The lowest BCUT2D eigenvalue weighted by molar-refractivity contribution is -0.118. The zero-order valence-electron chi connectivity index (χ0n) is 16.0. The van der Waals surface area contributed by atoms with Crippen molar-refractivity contribution in [2.24, 2.45) is 7.05 Å². The lowest BCUT2D eigenvalue weighted by atomic mass is 10.2. The minimum absolute atomic E-state index is 0.0564. The van der Waals surface area contributed by atoms with Crippen LogP contribution in [0.25, 0.3) is 11.4 Å². The number of hydrogen-bond donors (Lipinski definition) is 1. The molecule has 3 aromatic rings. The first kappa shape index (κ1) is 20.2. The lowest BCUT2D eigenvalue weighted by Crippen LogP contribution is -2.24. The number of halogens is 1. The molecule has 8 heteroatoms. The van der Waals surface area contributed by atoms with Crippen LogP contribution in [-0.4, -0.2) is 40.5 Å². The van der Waals surface area contributed by atoms with Gasteiger partial charge in [0.2, 0.25) is 5.91 Å². The number of nitrogens with zero attached hydrogens (tertiary/aromatic N) is 4. The van der Waals surface area contributed by atoms with Gasteiger partial charge in [0, 0.05) is 44.0 Å². The maximum atomic E-state index is 12.1. The fraction of sp³-hybridized carbons (Fsp3) is 0.250. The van der Waals surface area contributed by atoms with Crippen molar-refractivity contribution in [3.05, 3.63) is 59.1 Å². The summed E-state index contributed by atoms with van der Waals surface area (Å²) < 4.78 is 1.91. The van der Waals surface area contributed by atoms with Gasteiger partial charge in [-0.05, 0) is 29.8 Å². The van der Waals surface area contributed by atoms with E-state index in [-0.39, 0.29) is 11.7 Å². The quantitative estimate of drug-likeness (QED) is 0.597. The van der Waals surface area contributed by atoms with Crippen molar-refractivity contribution in [1.82, 2.24) is 20.1 Å². The highest BCUT2D eigenvalue weighted by molar-refractivity contribution is 7.99. The van der Waals surface area contributed by atoms with E-state index in [0.717, 1.165) is 22.6 Å². The first-order chi connectivity index (χ1) is 13.4. The molecule has 0 saturated carbocycles. The minimum atomic E-state index is -0.0564. The maximum Gasteiger partial charge on any atom is 0.230 e. The van der Waals surface area contributed by atoms with Crippen molar-refractivity contribution in [1.29, 1.82) is 0 Å². The van der Waals surface area contributed by atoms with Crippen LogP contribution in [0.15, 0.2) is 53.7 Å². The number of benzene rings is 2. The van der Waals surface area contributed by atoms with Gasteiger partial charge in [-0.2, -0.15) is 0 Å². The molecule has 146 valence electrons. The van der Waals surface area contributed by atoms with E-state index < -0.39 is 0 Å². The average Bonchev–Trinajstić information content (AvgIpc) is 3.06. The van der Waals surface area contributed by atoms with Gasteiger partial charge >= 0.3 is 0 Å². The van der Waals surface area contributed by atoms with Crippen LogP contribution in [0, 0.1) is 0 Å². The zero-order chi connectivity index (χ0) is 20.1. The molecule has 1 amide bonds. The summed E-state index contributed by atoms with van der Waals surface area (Å²) in [7, 11) is 5.91. The van der Waals surface area contributed by atoms with Crippen LogP contribution in [-0.2, 0) is 18.4 Å². The molecule has 0 bridgehead atoms. The predicted molar refractivity (Wildman–Crippen MR) is 115 cm³/mol. The summed E-state index contributed by atoms with van der Waals surface area (Å²) in [6.07, 6.45) is 0. The zero-order valence-corrected chi connectivity index (χ0v) is 17.6. The van der Waals surface area contributed by atoms with Gasteiger partial charge in [-0.15, -0.1) is 10.2 Å². The molecule has 1 N–H and O–H groups in total. The summed E-state index contributed by atoms with van der Waals surface area (Å²) >= 11 is 7.23. The third-order valence-corrected chi connectivity index (χ3v) is 5.46. The Kier molecular flexibility index (Phi) is 6.59. The molecule has 1 aromatic heterocycles. The number of aromatic nitrogens is 3. The number of anilines is 1. The highest BCUT2D eigenvalue weighted by Crippen LogP contribution is 2.25. The Morgan fingerprint density at radius 1 is 1.18 bits per heavy atom. The van der Waals surface area contributed by atoms with Crippen molar-refractivity contribution in [3.63, 3.8) is 0 Å². The second-order valence-corrected chi connectivity index (χ2v) is 7.88. The second-order valence-electron chi connectivity index (χ2n) is 6.50. The van der Waals surface area contributed by atoms with Crippen LogP contribution in [0.1, 0.15) is 5.56 Å². The van der Waals surface area contributed by atoms with Crippen LogP contribution in [0.4, 0.5) is 5.69 Å². The van der Waals surface area contributed by atoms with E-state index in [1.807, 2.05) is 73.1 Å². The minimum Gasteiger partial charge on any atom is -0.378 e. The molecule has 28 heavy (non-hydrogen) atoms. The fourth-order valence-corrected chi connectivity index (χ4v) is 3.47.